The van der Waals surface area contributed by atoms with Crippen molar-refractivity contribution in [2.75, 3.05) is 0 Å². The maximum atomic E-state index is 5.42. The van der Waals surface area contributed by atoms with Gasteiger partial charge in [0.15, 0.2) is 5.82 Å². The molecule has 11 aromatic rings. The zero-order valence-corrected chi connectivity index (χ0v) is 32.3. The van der Waals surface area contributed by atoms with Crippen LogP contribution < -0.4 is 0 Å². The van der Waals surface area contributed by atoms with E-state index in [1.165, 1.54) is 43.7 Å². The molecule has 3 heterocycles. The molecule has 4 nitrogen and oxygen atoms in total. The normalized spacial score (nSPS) is 11.6. The average Bonchev–Trinajstić information content (AvgIpc) is 3.78. The predicted octanol–water partition coefficient (Wildman–Crippen LogP) is 14.0. The van der Waals surface area contributed by atoms with Crippen molar-refractivity contribution in [2.24, 2.45) is 0 Å². The maximum Gasteiger partial charge on any atom is 0.160 e. The molecule has 0 spiro atoms. The first-order valence-electron chi connectivity index (χ1n) is 19.8. The van der Waals surface area contributed by atoms with Crippen LogP contribution in [0, 0.1) is 13.8 Å². The van der Waals surface area contributed by atoms with Crippen LogP contribution in [0.1, 0.15) is 11.1 Å². The van der Waals surface area contributed by atoms with Crippen molar-refractivity contribution in [3.8, 4) is 56.4 Å². The van der Waals surface area contributed by atoms with E-state index in [0.29, 0.717) is 5.82 Å². The summed E-state index contributed by atoms with van der Waals surface area (Å²) in [5.41, 5.74) is 16.3. The largest absolute Gasteiger partial charge is 0.309 e. The molecule has 4 heteroatoms. The fourth-order valence-corrected chi connectivity index (χ4v) is 8.85. The van der Waals surface area contributed by atoms with E-state index in [1.807, 2.05) is 24.3 Å². The van der Waals surface area contributed by atoms with E-state index < -0.39 is 0 Å². The molecule has 0 radical (unpaired) electrons. The van der Waals surface area contributed by atoms with Gasteiger partial charge in [0.2, 0.25) is 0 Å². The van der Waals surface area contributed by atoms with E-state index in [2.05, 4.69) is 193 Å². The average molecular weight is 743 g/mol. The first kappa shape index (κ1) is 33.8. The molecule has 8 aromatic carbocycles. The highest BCUT2D eigenvalue weighted by molar-refractivity contribution is 6.12. The fraction of sp³-hybridized carbons (Fsp3) is 0.0370. The Kier molecular flexibility index (Phi) is 7.90. The predicted molar refractivity (Wildman–Crippen MR) is 242 cm³/mol. The Bertz CT molecular complexity index is 3300. The highest BCUT2D eigenvalue weighted by Gasteiger charge is 2.24. The van der Waals surface area contributed by atoms with Crippen LogP contribution in [0.3, 0.4) is 0 Å². The van der Waals surface area contributed by atoms with Gasteiger partial charge in [0, 0.05) is 49.4 Å². The first-order chi connectivity index (χ1) is 28.6. The van der Waals surface area contributed by atoms with Crippen LogP contribution in [0.15, 0.2) is 194 Å². The highest BCUT2D eigenvalue weighted by atomic mass is 15.0. The van der Waals surface area contributed by atoms with Gasteiger partial charge in [-0.2, -0.15) is 0 Å². The number of hydrogen-bond donors (Lipinski definition) is 0. The number of rotatable bonds is 6. The number of aromatic nitrogens is 4. The van der Waals surface area contributed by atoms with Gasteiger partial charge in [-0.05, 0) is 68.4 Å². The lowest BCUT2D eigenvalue weighted by atomic mass is 9.93. The zero-order chi connectivity index (χ0) is 38.7. The molecule has 58 heavy (non-hydrogen) atoms. The van der Waals surface area contributed by atoms with Crippen molar-refractivity contribution in [2.45, 2.75) is 13.8 Å². The lowest BCUT2D eigenvalue weighted by Crippen LogP contribution is -2.04. The van der Waals surface area contributed by atoms with Gasteiger partial charge < -0.3 is 9.13 Å². The Morgan fingerprint density at radius 2 is 0.828 bits per heavy atom. The molecule has 0 aliphatic heterocycles. The first-order valence-corrected chi connectivity index (χ1v) is 19.8. The minimum atomic E-state index is 0.687. The monoisotopic (exact) mass is 742 g/mol. The van der Waals surface area contributed by atoms with E-state index >= 15 is 0 Å². The molecule has 0 unspecified atom stereocenters. The van der Waals surface area contributed by atoms with Gasteiger partial charge in [0.1, 0.15) is 0 Å². The van der Waals surface area contributed by atoms with Gasteiger partial charge in [-0.3, -0.25) is 0 Å². The van der Waals surface area contributed by atoms with Crippen molar-refractivity contribution in [1.82, 2.24) is 19.1 Å². The SMILES string of the molecule is Cc1ccc2c(c1)c1ccccc1n2-c1ccccc1-c1c(-c2cc(-c3ccccc3)nc(-c3ccccc3)n2)cccc1-n1c2ccccc2c2cc(C)ccc21. The smallest absolute Gasteiger partial charge is 0.160 e. The Hall–Kier alpha value is -7.56. The van der Waals surface area contributed by atoms with Crippen molar-refractivity contribution >= 4 is 43.6 Å². The van der Waals surface area contributed by atoms with Crippen LogP contribution in [0.25, 0.3) is 100 Å². The van der Waals surface area contributed by atoms with E-state index in [1.54, 1.807) is 0 Å². The van der Waals surface area contributed by atoms with Crippen LogP contribution in [-0.4, -0.2) is 19.1 Å². The molecule has 0 saturated heterocycles. The second kappa shape index (κ2) is 13.6. The van der Waals surface area contributed by atoms with Gasteiger partial charge in [-0.15, -0.1) is 0 Å². The van der Waals surface area contributed by atoms with Crippen molar-refractivity contribution in [3.63, 3.8) is 0 Å². The summed E-state index contributed by atoms with van der Waals surface area (Å²) in [7, 11) is 0. The highest BCUT2D eigenvalue weighted by Crippen LogP contribution is 2.45. The number of nitrogens with zero attached hydrogens (tertiary/aromatic N) is 4. The molecule has 0 bridgehead atoms. The lowest BCUT2D eigenvalue weighted by molar-refractivity contribution is 1.15. The van der Waals surface area contributed by atoms with Crippen molar-refractivity contribution < 1.29 is 0 Å². The Morgan fingerprint density at radius 1 is 0.345 bits per heavy atom. The number of para-hydroxylation sites is 3. The number of hydrogen-bond acceptors (Lipinski definition) is 2. The Labute approximate surface area is 337 Å². The van der Waals surface area contributed by atoms with Crippen LogP contribution in [0.2, 0.25) is 0 Å². The van der Waals surface area contributed by atoms with Crippen LogP contribution >= 0.6 is 0 Å². The summed E-state index contributed by atoms with van der Waals surface area (Å²) >= 11 is 0. The number of fused-ring (bicyclic) bond motifs is 6. The molecule has 0 aliphatic rings. The van der Waals surface area contributed by atoms with Crippen LogP contribution in [0.5, 0.6) is 0 Å². The van der Waals surface area contributed by atoms with Crippen molar-refractivity contribution in [3.05, 3.63) is 205 Å². The minimum absolute atomic E-state index is 0.687. The molecule has 0 aliphatic carbocycles. The molecule has 0 fully saturated rings. The summed E-state index contributed by atoms with van der Waals surface area (Å²) in [6.07, 6.45) is 0. The summed E-state index contributed by atoms with van der Waals surface area (Å²) in [5.74, 6) is 0.687. The molecule has 274 valence electrons. The molecule has 0 atom stereocenters. The number of aryl methyl sites for hydroxylation is 2. The lowest BCUT2D eigenvalue weighted by Gasteiger charge is -2.22. The van der Waals surface area contributed by atoms with E-state index in [9.17, 15) is 0 Å². The van der Waals surface area contributed by atoms with E-state index in [0.717, 1.165) is 61.6 Å². The summed E-state index contributed by atoms with van der Waals surface area (Å²) < 4.78 is 4.90. The molecule has 11 rings (SSSR count). The van der Waals surface area contributed by atoms with Gasteiger partial charge in [-0.25, -0.2) is 9.97 Å². The second-order valence-electron chi connectivity index (χ2n) is 15.2. The third-order valence-electron chi connectivity index (χ3n) is 11.5. The minimum Gasteiger partial charge on any atom is -0.309 e. The van der Waals surface area contributed by atoms with Gasteiger partial charge in [0.25, 0.3) is 0 Å². The molecular formula is C54H38N4. The quantitative estimate of drug-likeness (QED) is 0.170. The Morgan fingerprint density at radius 3 is 1.48 bits per heavy atom. The molecule has 0 amide bonds. The van der Waals surface area contributed by atoms with Crippen LogP contribution in [0.4, 0.5) is 0 Å². The summed E-state index contributed by atoms with van der Waals surface area (Å²) in [6.45, 7) is 4.34. The molecular weight excluding hydrogens is 705 g/mol. The van der Waals surface area contributed by atoms with Crippen LogP contribution in [-0.2, 0) is 0 Å². The van der Waals surface area contributed by atoms with Gasteiger partial charge in [-0.1, -0.05) is 151 Å². The summed E-state index contributed by atoms with van der Waals surface area (Å²) in [5, 5.41) is 4.94. The Balaban J connectivity index is 1.28. The van der Waals surface area contributed by atoms with Crippen molar-refractivity contribution in [1.29, 1.82) is 0 Å². The van der Waals surface area contributed by atoms with Gasteiger partial charge >= 0.3 is 0 Å². The van der Waals surface area contributed by atoms with E-state index in [4.69, 9.17) is 9.97 Å². The van der Waals surface area contributed by atoms with E-state index in [-0.39, 0.29) is 0 Å². The molecule has 0 N–H and O–H groups in total. The molecule has 0 saturated carbocycles. The standard InChI is InChI=1S/C54H38N4/c1-35-28-30-50-43(32-35)39-20-9-12-24-47(39)57(50)49-26-14-11-22-42(49)53-41(46-34-45(37-16-5-3-6-17-37)55-54(56-46)38-18-7-4-8-19-38)23-15-27-52(53)58-48-25-13-10-21-40(48)44-33-36(2)29-31-51(44)58/h3-34H,1-2H3. The zero-order valence-electron chi connectivity index (χ0n) is 32.3. The maximum absolute atomic E-state index is 5.42. The summed E-state index contributed by atoms with van der Waals surface area (Å²) in [6, 6.07) is 69.6. The third kappa shape index (κ3) is 5.45. The van der Waals surface area contributed by atoms with Gasteiger partial charge in [0.05, 0.1) is 44.8 Å². The number of benzene rings is 8. The molecule has 3 aromatic heterocycles. The second-order valence-corrected chi connectivity index (χ2v) is 15.2. The third-order valence-corrected chi connectivity index (χ3v) is 11.5. The topological polar surface area (TPSA) is 35.6 Å². The fourth-order valence-electron chi connectivity index (χ4n) is 8.85. The summed E-state index contributed by atoms with van der Waals surface area (Å²) in [4.78, 5) is 10.6.